The first kappa shape index (κ1) is 47.3. The Bertz CT molecular complexity index is 1350. The van der Waals surface area contributed by atoms with Gasteiger partial charge in [0.25, 0.3) is 0 Å². The van der Waals surface area contributed by atoms with Gasteiger partial charge in [-0.1, -0.05) is 125 Å². The highest BCUT2D eigenvalue weighted by Gasteiger charge is 2.59. The molecule has 0 bridgehead atoms. The smallest absolute Gasteiger partial charge is 0.310 e. The molecule has 2 heterocycles. The number of esters is 2. The Balaban J connectivity index is 0.00000320. The van der Waals surface area contributed by atoms with Gasteiger partial charge in [-0.25, -0.2) is 0 Å². The normalized spacial score (nSPS) is 25.9. The minimum atomic E-state index is -0.413. The number of ether oxygens (including phenoxy) is 2. The van der Waals surface area contributed by atoms with E-state index in [0.29, 0.717) is 13.2 Å². The van der Waals surface area contributed by atoms with Crippen molar-refractivity contribution in [1.82, 2.24) is 0 Å². The van der Waals surface area contributed by atoms with Crippen LogP contribution in [0.1, 0.15) is 151 Å². The van der Waals surface area contributed by atoms with Gasteiger partial charge in [0.15, 0.2) is 0 Å². The Morgan fingerprint density at radius 2 is 0.810 bits per heavy atom. The van der Waals surface area contributed by atoms with E-state index in [1.165, 1.54) is 164 Å². The number of quaternary nitrogens is 2. The fraction of sp³-hybridized carbons (Fsp3) is 0.720. The molecule has 0 amide bonds. The zero-order valence-corrected chi connectivity index (χ0v) is 38.9. The second kappa shape index (κ2) is 24.0. The van der Waals surface area contributed by atoms with Crippen molar-refractivity contribution in [3.05, 3.63) is 71.8 Å². The summed E-state index contributed by atoms with van der Waals surface area (Å²) in [4.78, 5) is 28.6. The van der Waals surface area contributed by atoms with Crippen LogP contribution in [0.2, 0.25) is 0 Å². The van der Waals surface area contributed by atoms with Crippen LogP contribution >= 0.6 is 0 Å². The van der Waals surface area contributed by atoms with E-state index in [1.54, 1.807) is 0 Å². The SMILES string of the molecule is O=C(OCCC[N+]1(CCC2CCCCC2)CCCCC1)C1C(c2ccccc2)C(C(=O)OCCC[N+]2(CCC3CCCCC3)CCCCC2)C1c1ccccc1.[Br-].[Br-]. The molecule has 0 radical (unpaired) electrons. The molecule has 3 aliphatic carbocycles. The van der Waals surface area contributed by atoms with Gasteiger partial charge in [-0.15, -0.1) is 0 Å². The quantitative estimate of drug-likeness (QED) is 0.125. The number of carbonyl (C=O) groups excluding carboxylic acids is 2. The standard InChI is InChI=1S/C50H76N2O4.2BrH/c53-49(55-39-19-35-51(31-15-5-16-32-51)37-29-41-21-7-1-8-22-41)47-45(43-25-11-3-12-26-43)48(46(47)44-27-13-4-14-28-44)50(54)56-40-20-36-52(33-17-6-18-34-52)38-30-42-23-9-2-10-24-42;;/h3-4,11-14,25-28,41-42,45-48H,1-2,5-10,15-24,29-40H2;2*1H/q+2;;/p-2. The van der Waals surface area contributed by atoms with Gasteiger partial charge in [-0.2, -0.15) is 0 Å². The number of piperidine rings is 2. The molecule has 3 saturated carbocycles. The summed E-state index contributed by atoms with van der Waals surface area (Å²) in [5.41, 5.74) is 2.06. The number of halogens is 2. The van der Waals surface area contributed by atoms with Crippen LogP contribution in [0, 0.1) is 23.7 Å². The molecule has 2 saturated heterocycles. The zero-order valence-electron chi connectivity index (χ0n) is 35.7. The summed E-state index contributed by atoms with van der Waals surface area (Å²) in [6.45, 7) is 10.8. The number of benzene rings is 2. The minimum Gasteiger partial charge on any atom is -1.00 e. The highest BCUT2D eigenvalue weighted by Crippen LogP contribution is 2.58. The summed E-state index contributed by atoms with van der Waals surface area (Å²) in [6, 6.07) is 20.5. The van der Waals surface area contributed by atoms with Gasteiger partial charge in [-0.05, 0) is 74.3 Å². The number of likely N-dealkylation sites (tertiary alicyclic amines) is 2. The van der Waals surface area contributed by atoms with Gasteiger partial charge in [0.2, 0.25) is 0 Å². The van der Waals surface area contributed by atoms with Crippen LogP contribution in [0.25, 0.3) is 0 Å². The van der Waals surface area contributed by atoms with Crippen molar-refractivity contribution < 1.29 is 62.0 Å². The lowest BCUT2D eigenvalue weighted by Gasteiger charge is -2.49. The molecule has 0 N–H and O–H groups in total. The highest BCUT2D eigenvalue weighted by atomic mass is 79.9. The van der Waals surface area contributed by atoms with Crippen LogP contribution < -0.4 is 34.0 Å². The molecule has 0 aromatic heterocycles. The van der Waals surface area contributed by atoms with Crippen molar-refractivity contribution in [1.29, 1.82) is 0 Å². The van der Waals surface area contributed by atoms with Crippen molar-refractivity contribution in [2.75, 3.05) is 65.6 Å². The Morgan fingerprint density at radius 3 is 1.17 bits per heavy atom. The minimum absolute atomic E-state index is 0. The Kier molecular flexibility index (Phi) is 19.6. The molecule has 2 aliphatic heterocycles. The number of hydrogen-bond donors (Lipinski definition) is 0. The number of hydrogen-bond acceptors (Lipinski definition) is 4. The molecule has 5 aliphatic rings. The maximum Gasteiger partial charge on any atom is 0.310 e. The molecule has 0 spiro atoms. The molecule has 58 heavy (non-hydrogen) atoms. The summed E-state index contributed by atoms with van der Waals surface area (Å²) >= 11 is 0. The predicted molar refractivity (Wildman–Crippen MR) is 226 cm³/mol. The van der Waals surface area contributed by atoms with Crippen molar-refractivity contribution in [3.8, 4) is 0 Å². The lowest BCUT2D eigenvalue weighted by molar-refractivity contribution is -0.933. The van der Waals surface area contributed by atoms with Gasteiger partial charge >= 0.3 is 11.9 Å². The number of carbonyl (C=O) groups is 2. The van der Waals surface area contributed by atoms with Crippen LogP contribution in [0.4, 0.5) is 0 Å². The van der Waals surface area contributed by atoms with Crippen molar-refractivity contribution in [2.24, 2.45) is 23.7 Å². The summed E-state index contributed by atoms with van der Waals surface area (Å²) < 4.78 is 14.9. The van der Waals surface area contributed by atoms with E-state index < -0.39 is 11.8 Å². The van der Waals surface area contributed by atoms with E-state index in [4.69, 9.17) is 9.47 Å². The van der Waals surface area contributed by atoms with E-state index in [1.807, 2.05) is 36.4 Å². The lowest BCUT2D eigenvalue weighted by atomic mass is 9.52. The van der Waals surface area contributed by atoms with Crippen LogP contribution in [0.15, 0.2) is 60.7 Å². The highest BCUT2D eigenvalue weighted by molar-refractivity contribution is 5.85. The topological polar surface area (TPSA) is 52.6 Å². The number of rotatable bonds is 18. The molecular weight excluding hydrogens is 852 g/mol. The first-order valence-electron chi connectivity index (χ1n) is 23.7. The summed E-state index contributed by atoms with van der Waals surface area (Å²) in [5, 5.41) is 0. The van der Waals surface area contributed by atoms with Gasteiger partial charge in [0.05, 0.1) is 77.4 Å². The molecular formula is C50H76Br2N2O4. The zero-order chi connectivity index (χ0) is 38.5. The summed E-state index contributed by atoms with van der Waals surface area (Å²) in [7, 11) is 0. The van der Waals surface area contributed by atoms with E-state index in [-0.39, 0.29) is 57.7 Å². The fourth-order valence-electron chi connectivity index (χ4n) is 12.2. The first-order chi connectivity index (χ1) is 27.5. The van der Waals surface area contributed by atoms with E-state index in [2.05, 4.69) is 24.3 Å². The molecule has 7 rings (SSSR count). The average Bonchev–Trinajstić information content (AvgIpc) is 3.24. The Morgan fingerprint density at radius 1 is 0.466 bits per heavy atom. The monoisotopic (exact) mass is 926 g/mol. The first-order valence-corrected chi connectivity index (χ1v) is 23.7. The van der Waals surface area contributed by atoms with E-state index in [9.17, 15) is 9.59 Å². The Labute approximate surface area is 373 Å². The van der Waals surface area contributed by atoms with Crippen LogP contribution in [0.3, 0.4) is 0 Å². The van der Waals surface area contributed by atoms with Crippen LogP contribution in [-0.4, -0.2) is 86.5 Å². The van der Waals surface area contributed by atoms with Crippen molar-refractivity contribution >= 4 is 11.9 Å². The third kappa shape index (κ3) is 12.7. The molecule has 0 unspecified atom stereocenters. The van der Waals surface area contributed by atoms with Gasteiger partial charge in [0, 0.05) is 24.7 Å². The molecule has 6 nitrogen and oxygen atoms in total. The fourth-order valence-corrected chi connectivity index (χ4v) is 12.2. The van der Waals surface area contributed by atoms with Gasteiger partial charge < -0.3 is 52.4 Å². The van der Waals surface area contributed by atoms with Crippen LogP contribution in [-0.2, 0) is 19.1 Å². The Hall–Kier alpha value is -1.74. The van der Waals surface area contributed by atoms with Crippen molar-refractivity contribution in [3.63, 3.8) is 0 Å². The van der Waals surface area contributed by atoms with Gasteiger partial charge in [-0.3, -0.25) is 9.59 Å². The molecule has 0 atom stereocenters. The van der Waals surface area contributed by atoms with Crippen LogP contribution in [0.5, 0.6) is 0 Å². The van der Waals surface area contributed by atoms with Gasteiger partial charge in [0.1, 0.15) is 0 Å². The third-order valence-electron chi connectivity index (χ3n) is 15.5. The van der Waals surface area contributed by atoms with E-state index >= 15 is 0 Å². The second-order valence-corrected chi connectivity index (χ2v) is 19.1. The largest absolute Gasteiger partial charge is 1.00 e. The van der Waals surface area contributed by atoms with E-state index in [0.717, 1.165) is 48.9 Å². The lowest BCUT2D eigenvalue weighted by Crippen LogP contribution is -3.00. The second-order valence-electron chi connectivity index (χ2n) is 19.1. The summed E-state index contributed by atoms with van der Waals surface area (Å²) in [5.74, 6) is 0.168. The molecule has 2 aromatic carbocycles. The molecule has 5 fully saturated rings. The predicted octanol–water partition coefficient (Wildman–Crippen LogP) is 4.62. The summed E-state index contributed by atoms with van der Waals surface area (Å²) in [6.07, 6.45) is 26.7. The molecule has 2 aromatic rings. The maximum atomic E-state index is 14.3. The molecule has 324 valence electrons. The number of nitrogens with zero attached hydrogens (tertiary/aromatic N) is 2. The molecule has 8 heteroatoms. The average molecular weight is 929 g/mol. The maximum absolute atomic E-state index is 14.3. The third-order valence-corrected chi connectivity index (χ3v) is 15.5. The van der Waals surface area contributed by atoms with Crippen molar-refractivity contribution in [2.45, 2.75) is 140 Å².